The van der Waals surface area contributed by atoms with Crippen molar-refractivity contribution in [1.29, 1.82) is 0 Å². The van der Waals surface area contributed by atoms with Crippen LogP contribution in [0.3, 0.4) is 0 Å². The highest BCUT2D eigenvalue weighted by Gasteiger charge is 2.23. The first-order valence-electron chi connectivity index (χ1n) is 14.7. The van der Waals surface area contributed by atoms with E-state index in [-0.39, 0.29) is 29.3 Å². The number of rotatable bonds is 12. The summed E-state index contributed by atoms with van der Waals surface area (Å²) in [7, 11) is -4.20. The van der Waals surface area contributed by atoms with Crippen LogP contribution >= 0.6 is 23.2 Å². The van der Waals surface area contributed by atoms with Crippen LogP contribution in [0.2, 0.25) is 10.0 Å². The van der Waals surface area contributed by atoms with E-state index in [1.54, 1.807) is 42.5 Å². The summed E-state index contributed by atoms with van der Waals surface area (Å²) in [5.74, 6) is -1.83. The van der Waals surface area contributed by atoms with Gasteiger partial charge >= 0.3 is 0 Å². The molecule has 3 N–H and O–H groups in total. The van der Waals surface area contributed by atoms with Crippen LogP contribution in [-0.4, -0.2) is 43.7 Å². The summed E-state index contributed by atoms with van der Waals surface area (Å²) in [4.78, 5) is 26.2. The topological polar surface area (TPSA) is 122 Å². The number of hydrogen-bond donors (Lipinski definition) is 3. The van der Waals surface area contributed by atoms with Crippen LogP contribution in [0, 0.1) is 11.2 Å². The highest BCUT2D eigenvalue weighted by Crippen LogP contribution is 2.36. The number of amides is 2. The van der Waals surface area contributed by atoms with Crippen LogP contribution in [0.15, 0.2) is 84.9 Å². The minimum atomic E-state index is -4.20. The summed E-state index contributed by atoms with van der Waals surface area (Å²) >= 11 is 12.8. The summed E-state index contributed by atoms with van der Waals surface area (Å²) in [6, 6.07) is 22.9. The van der Waals surface area contributed by atoms with Gasteiger partial charge in [-0.3, -0.25) is 14.1 Å². The maximum absolute atomic E-state index is 13.8. The second-order valence-corrected chi connectivity index (χ2v) is 14.6. The Hall–Kier alpha value is -3.96. The zero-order valence-corrected chi connectivity index (χ0v) is 28.3. The average Bonchev–Trinajstić information content (AvgIpc) is 2.99. The minimum Gasteiger partial charge on any atom is -0.493 e. The molecule has 12 heteroatoms. The van der Waals surface area contributed by atoms with E-state index in [9.17, 15) is 22.4 Å². The second-order valence-electron chi connectivity index (χ2n) is 12.2. The predicted molar refractivity (Wildman–Crippen MR) is 184 cm³/mol. The maximum Gasteiger partial charge on any atom is 0.266 e. The van der Waals surface area contributed by atoms with Crippen LogP contribution in [0.5, 0.6) is 5.75 Å². The van der Waals surface area contributed by atoms with Crippen molar-refractivity contribution < 1.29 is 31.7 Å². The molecule has 1 atom stereocenters. The van der Waals surface area contributed by atoms with Gasteiger partial charge in [-0.15, -0.1) is 0 Å². The first-order chi connectivity index (χ1) is 22.1. The van der Waals surface area contributed by atoms with Crippen molar-refractivity contribution in [3.05, 3.63) is 117 Å². The molecule has 4 aromatic carbocycles. The molecule has 0 fully saturated rings. The Morgan fingerprint density at radius 3 is 2.09 bits per heavy atom. The smallest absolute Gasteiger partial charge is 0.266 e. The largest absolute Gasteiger partial charge is 0.493 e. The van der Waals surface area contributed by atoms with Crippen molar-refractivity contribution in [2.75, 3.05) is 24.2 Å². The van der Waals surface area contributed by atoms with Crippen molar-refractivity contribution in [2.24, 2.45) is 5.41 Å². The van der Waals surface area contributed by atoms with E-state index in [0.717, 1.165) is 11.1 Å². The second kappa shape index (κ2) is 15.3. The van der Waals surface area contributed by atoms with Gasteiger partial charge < -0.3 is 15.4 Å². The normalized spacial score (nSPS) is 12.3. The fourth-order valence-electron chi connectivity index (χ4n) is 4.63. The van der Waals surface area contributed by atoms with E-state index in [2.05, 4.69) is 31.4 Å². The lowest BCUT2D eigenvalue weighted by Crippen LogP contribution is -2.28. The monoisotopic (exact) mass is 700 g/mol. The van der Waals surface area contributed by atoms with Crippen LogP contribution in [0.1, 0.15) is 48.2 Å². The molecule has 0 radical (unpaired) electrons. The van der Waals surface area contributed by atoms with Gasteiger partial charge in [-0.1, -0.05) is 74.3 Å². The van der Waals surface area contributed by atoms with Crippen LogP contribution in [0.4, 0.5) is 10.1 Å². The van der Waals surface area contributed by atoms with Gasteiger partial charge in [0.1, 0.15) is 11.6 Å². The molecule has 47 heavy (non-hydrogen) atoms. The maximum atomic E-state index is 13.8. The fraction of sp³-hybridized carbons (Fsp3) is 0.257. The number of halogens is 3. The third kappa shape index (κ3) is 10.8. The molecule has 1 unspecified atom stereocenters. The van der Waals surface area contributed by atoms with Crippen LogP contribution in [-0.2, 0) is 21.3 Å². The van der Waals surface area contributed by atoms with Crippen molar-refractivity contribution in [3.8, 4) is 16.9 Å². The van der Waals surface area contributed by atoms with E-state index < -0.39 is 33.5 Å². The molecule has 0 heterocycles. The molecule has 0 aliphatic heterocycles. The lowest BCUT2D eigenvalue weighted by atomic mass is 9.90. The molecule has 0 aliphatic rings. The number of ether oxygens (including phenoxy) is 1. The van der Waals surface area contributed by atoms with Crippen molar-refractivity contribution >= 4 is 50.8 Å². The van der Waals surface area contributed by atoms with E-state index in [0.29, 0.717) is 39.8 Å². The average molecular weight is 702 g/mol. The van der Waals surface area contributed by atoms with E-state index in [1.165, 1.54) is 18.2 Å². The highest BCUT2D eigenvalue weighted by atomic mass is 35.5. The van der Waals surface area contributed by atoms with Gasteiger partial charge in [-0.25, -0.2) is 4.39 Å². The zero-order valence-electron chi connectivity index (χ0n) is 26.0. The third-order valence-corrected chi connectivity index (χ3v) is 8.38. The number of nitrogens with one attached hydrogen (secondary N) is 2. The molecule has 8 nitrogen and oxygen atoms in total. The van der Waals surface area contributed by atoms with Crippen molar-refractivity contribution in [2.45, 2.75) is 33.1 Å². The summed E-state index contributed by atoms with van der Waals surface area (Å²) < 4.78 is 50.2. The van der Waals surface area contributed by atoms with E-state index >= 15 is 0 Å². The Bertz CT molecular complexity index is 1840. The number of carbonyl (C=O) groups excluding carboxylic acids is 2. The SMILES string of the molecule is CC(C)(C)COc1ccc(C(Cc2ccc(C(=O)NCCS(=O)(=O)O)cc2)C(=O)Nc2ccc(-c3ccc(F)cc3Cl)c(Cl)c2)cc1. The minimum absolute atomic E-state index is 0.0282. The standard InChI is InChI=1S/C35H35Cl2FN2O6S/c1-35(2,3)21-46-27-12-8-23(9-13-27)30(18-22-4-6-24(7-5-22)33(41)39-16-17-47(43,44)45)34(42)40-26-11-15-29(32(37)20-26)28-14-10-25(38)19-31(28)36/h4-15,19-20,30H,16-18,21H2,1-3H3,(H,39,41)(H,40,42)(H,43,44,45). The first-order valence-corrected chi connectivity index (χ1v) is 17.1. The molecule has 0 spiro atoms. The molecule has 0 aliphatic carbocycles. The van der Waals surface area contributed by atoms with Crippen LogP contribution < -0.4 is 15.4 Å². The van der Waals surface area contributed by atoms with E-state index in [4.69, 9.17) is 32.5 Å². The van der Waals surface area contributed by atoms with Crippen molar-refractivity contribution in [1.82, 2.24) is 5.32 Å². The molecular formula is C35H35Cl2FN2O6S. The number of carbonyl (C=O) groups is 2. The fourth-order valence-corrected chi connectivity index (χ4v) is 5.54. The van der Waals surface area contributed by atoms with Gasteiger partial charge in [-0.2, -0.15) is 8.42 Å². The quantitative estimate of drug-likeness (QED) is 0.130. The summed E-state index contributed by atoms with van der Waals surface area (Å²) in [5, 5.41) is 5.92. The summed E-state index contributed by atoms with van der Waals surface area (Å²) in [5.41, 5.74) is 3.36. The van der Waals surface area contributed by atoms with Crippen molar-refractivity contribution in [3.63, 3.8) is 0 Å². The van der Waals surface area contributed by atoms with Gasteiger partial charge in [0, 0.05) is 28.9 Å². The molecular weight excluding hydrogens is 666 g/mol. The molecule has 0 saturated carbocycles. The van der Waals surface area contributed by atoms with Gasteiger partial charge in [0.2, 0.25) is 5.91 Å². The number of anilines is 1. The molecule has 0 bridgehead atoms. The van der Waals surface area contributed by atoms with E-state index in [1.807, 2.05) is 24.3 Å². The first kappa shape index (κ1) is 35.9. The lowest BCUT2D eigenvalue weighted by molar-refractivity contribution is -0.117. The molecule has 0 saturated heterocycles. The Morgan fingerprint density at radius 1 is 0.894 bits per heavy atom. The summed E-state index contributed by atoms with van der Waals surface area (Å²) in [6.07, 6.45) is 0.287. The molecule has 2 amide bonds. The van der Waals surface area contributed by atoms with Crippen LogP contribution in [0.25, 0.3) is 11.1 Å². The van der Waals surface area contributed by atoms with Gasteiger partial charge in [-0.05, 0) is 77.6 Å². The Kier molecular flexibility index (Phi) is 11.7. The van der Waals surface area contributed by atoms with Gasteiger partial charge in [0.25, 0.3) is 16.0 Å². The highest BCUT2D eigenvalue weighted by molar-refractivity contribution is 7.85. The predicted octanol–water partition coefficient (Wildman–Crippen LogP) is 7.81. The lowest BCUT2D eigenvalue weighted by Gasteiger charge is -2.20. The molecule has 4 aromatic rings. The Labute approximate surface area is 284 Å². The molecule has 248 valence electrons. The Morgan fingerprint density at radius 2 is 1.51 bits per heavy atom. The van der Waals surface area contributed by atoms with Gasteiger partial charge in [0.15, 0.2) is 0 Å². The molecule has 4 rings (SSSR count). The molecule has 0 aromatic heterocycles. The number of benzene rings is 4. The third-order valence-electron chi connectivity index (χ3n) is 7.03. The zero-order chi connectivity index (χ0) is 34.4. The van der Waals surface area contributed by atoms with Gasteiger partial charge in [0.05, 0.1) is 28.3 Å². The number of hydrogen-bond acceptors (Lipinski definition) is 5. The Balaban J connectivity index is 1.55. The summed E-state index contributed by atoms with van der Waals surface area (Å²) in [6.45, 7) is 6.50.